The standard InChI is InChI=1S/C30H27N3/c1-30(2,3)27-18-16-24(17-19-27)28-31-29(33-32-28)26-11-7-10-25(20-26)23-14-12-22(13-15-23)21-8-5-4-6-9-21/h4-20H,1-3H3,(H,31,32,33). The summed E-state index contributed by atoms with van der Waals surface area (Å²) in [5.74, 6) is 1.48. The Morgan fingerprint density at radius 1 is 0.545 bits per heavy atom. The van der Waals surface area contributed by atoms with Crippen LogP contribution in [-0.2, 0) is 5.41 Å². The third-order valence-electron chi connectivity index (χ3n) is 5.96. The van der Waals surface area contributed by atoms with Crippen molar-refractivity contribution in [3.63, 3.8) is 0 Å². The summed E-state index contributed by atoms with van der Waals surface area (Å²) in [6.07, 6.45) is 0. The molecule has 33 heavy (non-hydrogen) atoms. The highest BCUT2D eigenvalue weighted by Gasteiger charge is 2.14. The van der Waals surface area contributed by atoms with Gasteiger partial charge in [0, 0.05) is 11.1 Å². The van der Waals surface area contributed by atoms with Crippen LogP contribution >= 0.6 is 0 Å². The van der Waals surface area contributed by atoms with Crippen molar-refractivity contribution in [1.82, 2.24) is 15.2 Å². The largest absolute Gasteiger partial charge is 0.259 e. The molecule has 0 unspecified atom stereocenters. The van der Waals surface area contributed by atoms with Gasteiger partial charge in [0.2, 0.25) is 0 Å². The normalized spacial score (nSPS) is 11.5. The predicted octanol–water partition coefficient (Wildman–Crippen LogP) is 7.77. The Balaban J connectivity index is 1.39. The summed E-state index contributed by atoms with van der Waals surface area (Å²) in [6, 6.07) is 36.0. The van der Waals surface area contributed by atoms with Gasteiger partial charge in [-0.25, -0.2) is 4.98 Å². The van der Waals surface area contributed by atoms with Gasteiger partial charge in [-0.3, -0.25) is 5.10 Å². The third kappa shape index (κ3) is 4.49. The van der Waals surface area contributed by atoms with E-state index in [4.69, 9.17) is 4.98 Å². The Hall–Kier alpha value is -3.98. The molecular weight excluding hydrogens is 402 g/mol. The molecule has 0 radical (unpaired) electrons. The van der Waals surface area contributed by atoms with Crippen molar-refractivity contribution in [1.29, 1.82) is 0 Å². The molecule has 0 atom stereocenters. The molecule has 0 saturated carbocycles. The van der Waals surface area contributed by atoms with Crippen LogP contribution in [0.3, 0.4) is 0 Å². The topological polar surface area (TPSA) is 41.6 Å². The van der Waals surface area contributed by atoms with Gasteiger partial charge in [-0.05, 0) is 39.3 Å². The average Bonchev–Trinajstić information content (AvgIpc) is 3.35. The lowest BCUT2D eigenvalue weighted by Gasteiger charge is -2.18. The molecule has 0 aliphatic carbocycles. The fourth-order valence-corrected chi connectivity index (χ4v) is 3.97. The summed E-state index contributed by atoms with van der Waals surface area (Å²) < 4.78 is 0. The number of hydrogen-bond acceptors (Lipinski definition) is 2. The maximum absolute atomic E-state index is 4.76. The van der Waals surface area contributed by atoms with Crippen LogP contribution in [0.5, 0.6) is 0 Å². The minimum absolute atomic E-state index is 0.130. The maximum Gasteiger partial charge on any atom is 0.181 e. The Morgan fingerprint density at radius 2 is 1.09 bits per heavy atom. The molecule has 0 bridgehead atoms. The zero-order valence-electron chi connectivity index (χ0n) is 19.2. The highest BCUT2D eigenvalue weighted by molar-refractivity contribution is 5.74. The van der Waals surface area contributed by atoms with Gasteiger partial charge < -0.3 is 0 Å². The number of aromatic nitrogens is 3. The second-order valence-corrected chi connectivity index (χ2v) is 9.36. The van der Waals surface area contributed by atoms with Gasteiger partial charge in [-0.15, -0.1) is 0 Å². The summed E-state index contributed by atoms with van der Waals surface area (Å²) in [5.41, 5.74) is 8.22. The molecule has 0 amide bonds. The van der Waals surface area contributed by atoms with E-state index >= 15 is 0 Å². The van der Waals surface area contributed by atoms with Gasteiger partial charge in [-0.2, -0.15) is 5.10 Å². The number of H-pyrrole nitrogens is 1. The van der Waals surface area contributed by atoms with E-state index in [0.29, 0.717) is 5.82 Å². The minimum atomic E-state index is 0.130. The first-order chi connectivity index (χ1) is 16.0. The molecule has 5 aromatic rings. The number of hydrogen-bond donors (Lipinski definition) is 1. The molecule has 1 aromatic heterocycles. The summed E-state index contributed by atoms with van der Waals surface area (Å²) in [7, 11) is 0. The summed E-state index contributed by atoms with van der Waals surface area (Å²) in [6.45, 7) is 6.66. The smallest absolute Gasteiger partial charge is 0.181 e. The summed E-state index contributed by atoms with van der Waals surface area (Å²) in [5, 5.41) is 7.59. The number of nitrogens with zero attached hydrogens (tertiary/aromatic N) is 2. The highest BCUT2D eigenvalue weighted by atomic mass is 15.2. The molecule has 0 aliphatic heterocycles. The summed E-state index contributed by atoms with van der Waals surface area (Å²) >= 11 is 0. The molecule has 4 aromatic carbocycles. The van der Waals surface area contributed by atoms with E-state index < -0.39 is 0 Å². The Kier molecular flexibility index (Phi) is 5.39. The van der Waals surface area contributed by atoms with E-state index in [1.54, 1.807) is 0 Å². The van der Waals surface area contributed by atoms with Crippen molar-refractivity contribution in [3.8, 4) is 45.0 Å². The lowest BCUT2D eigenvalue weighted by atomic mass is 9.87. The fourth-order valence-electron chi connectivity index (χ4n) is 3.97. The van der Waals surface area contributed by atoms with E-state index in [1.165, 1.54) is 22.3 Å². The third-order valence-corrected chi connectivity index (χ3v) is 5.96. The maximum atomic E-state index is 4.76. The van der Waals surface area contributed by atoms with Crippen LogP contribution in [0.2, 0.25) is 0 Å². The minimum Gasteiger partial charge on any atom is -0.259 e. The van der Waals surface area contributed by atoms with E-state index in [1.807, 2.05) is 6.07 Å². The number of benzene rings is 4. The predicted molar refractivity (Wildman–Crippen MR) is 137 cm³/mol. The van der Waals surface area contributed by atoms with Crippen LogP contribution in [0.1, 0.15) is 26.3 Å². The van der Waals surface area contributed by atoms with Crippen LogP contribution in [0.25, 0.3) is 45.0 Å². The Labute approximate surface area is 195 Å². The van der Waals surface area contributed by atoms with E-state index in [2.05, 4.69) is 128 Å². The van der Waals surface area contributed by atoms with Crippen LogP contribution in [0, 0.1) is 0 Å². The fraction of sp³-hybridized carbons (Fsp3) is 0.133. The molecule has 3 heteroatoms. The molecule has 1 N–H and O–H groups in total. The molecule has 5 rings (SSSR count). The second-order valence-electron chi connectivity index (χ2n) is 9.36. The summed E-state index contributed by atoms with van der Waals surface area (Å²) in [4.78, 5) is 4.76. The zero-order valence-corrected chi connectivity index (χ0v) is 19.2. The second kappa shape index (κ2) is 8.51. The quantitative estimate of drug-likeness (QED) is 0.317. The van der Waals surface area contributed by atoms with Gasteiger partial charge >= 0.3 is 0 Å². The van der Waals surface area contributed by atoms with Crippen molar-refractivity contribution in [2.45, 2.75) is 26.2 Å². The van der Waals surface area contributed by atoms with E-state index in [-0.39, 0.29) is 5.41 Å². The van der Waals surface area contributed by atoms with Crippen molar-refractivity contribution in [3.05, 3.63) is 109 Å². The van der Waals surface area contributed by atoms with Crippen molar-refractivity contribution >= 4 is 0 Å². The molecule has 1 heterocycles. The molecule has 162 valence electrons. The molecular formula is C30H27N3. The first-order valence-electron chi connectivity index (χ1n) is 11.3. The van der Waals surface area contributed by atoms with Crippen LogP contribution < -0.4 is 0 Å². The number of rotatable bonds is 4. The Bertz CT molecular complexity index is 1360. The van der Waals surface area contributed by atoms with Gasteiger partial charge in [0.05, 0.1) is 0 Å². The van der Waals surface area contributed by atoms with Crippen LogP contribution in [-0.4, -0.2) is 15.2 Å². The lowest BCUT2D eigenvalue weighted by Crippen LogP contribution is -2.10. The SMILES string of the molecule is CC(C)(C)c1ccc(-c2nc(-c3cccc(-c4ccc(-c5ccccc5)cc4)c3)n[nH]2)cc1. The zero-order chi connectivity index (χ0) is 22.8. The van der Waals surface area contributed by atoms with Crippen molar-refractivity contribution in [2.75, 3.05) is 0 Å². The lowest BCUT2D eigenvalue weighted by molar-refractivity contribution is 0.590. The molecule has 0 fully saturated rings. The van der Waals surface area contributed by atoms with Crippen LogP contribution in [0.15, 0.2) is 103 Å². The van der Waals surface area contributed by atoms with E-state index in [0.717, 1.165) is 22.5 Å². The molecule has 0 saturated heterocycles. The first kappa shape index (κ1) is 20.9. The van der Waals surface area contributed by atoms with Gasteiger partial charge in [0.15, 0.2) is 11.6 Å². The van der Waals surface area contributed by atoms with Gasteiger partial charge in [-0.1, -0.05) is 118 Å². The van der Waals surface area contributed by atoms with Gasteiger partial charge in [0.25, 0.3) is 0 Å². The number of aromatic amines is 1. The van der Waals surface area contributed by atoms with E-state index in [9.17, 15) is 0 Å². The molecule has 3 nitrogen and oxygen atoms in total. The highest BCUT2D eigenvalue weighted by Crippen LogP contribution is 2.29. The van der Waals surface area contributed by atoms with Crippen LogP contribution in [0.4, 0.5) is 0 Å². The van der Waals surface area contributed by atoms with Gasteiger partial charge in [0.1, 0.15) is 0 Å². The monoisotopic (exact) mass is 429 g/mol. The number of nitrogens with one attached hydrogen (secondary N) is 1. The van der Waals surface area contributed by atoms with Crippen molar-refractivity contribution in [2.24, 2.45) is 0 Å². The Morgan fingerprint density at radius 3 is 1.76 bits per heavy atom. The molecule has 0 spiro atoms. The first-order valence-corrected chi connectivity index (χ1v) is 11.3. The van der Waals surface area contributed by atoms with Crippen molar-refractivity contribution < 1.29 is 0 Å². The average molecular weight is 430 g/mol. The molecule has 0 aliphatic rings.